The molecule has 0 unspecified atom stereocenters. The van der Waals surface area contributed by atoms with E-state index in [0.717, 1.165) is 31.0 Å². The number of hydrogen-bond acceptors (Lipinski definition) is 6. The maximum Gasteiger partial charge on any atom is 0.254 e. The minimum absolute atomic E-state index is 0.0779. The molecule has 0 saturated carbocycles. The number of nitrogens with zero attached hydrogens (tertiary/aromatic N) is 5. The third-order valence-electron chi connectivity index (χ3n) is 6.57. The molecular weight excluding hydrogens is 492 g/mol. The standard InChI is InChI=1S/C27H25F2N7O2/c1-2-22(37)35-10-4-7-19(14-35)36-26-23(25(30)32-15-33-26)24(34-36)17-6-3-5-16(11-17)13-31-27(38)20-12-18(28)8-9-21(20)29/h2-3,5-6,8-9,11-12,15,19H,1,4,7,10,13-14H2,(H,31,38)(H2,30,32,33)/t19-/m1/s1. The van der Waals surface area contributed by atoms with Crippen LogP contribution in [0.4, 0.5) is 14.6 Å². The summed E-state index contributed by atoms with van der Waals surface area (Å²) in [7, 11) is 0. The molecule has 1 atom stereocenters. The SMILES string of the molecule is C=CC(=O)N1CCC[C@@H](n2nc(-c3cccc(CNC(=O)c4cc(F)ccc4F)c3)c3c(N)ncnc32)C1. The maximum atomic E-state index is 14.0. The molecule has 0 radical (unpaired) electrons. The number of anilines is 1. The molecule has 3 N–H and O–H groups in total. The first-order valence-corrected chi connectivity index (χ1v) is 12.1. The Morgan fingerprint density at radius 1 is 1.18 bits per heavy atom. The smallest absolute Gasteiger partial charge is 0.254 e. The van der Waals surface area contributed by atoms with Crippen LogP contribution in [-0.2, 0) is 11.3 Å². The Hall–Kier alpha value is -4.67. The second kappa shape index (κ2) is 10.4. The van der Waals surface area contributed by atoms with Crippen molar-refractivity contribution in [3.8, 4) is 11.3 Å². The van der Waals surface area contributed by atoms with Crippen LogP contribution in [0.3, 0.4) is 0 Å². The van der Waals surface area contributed by atoms with Crippen molar-refractivity contribution in [3.63, 3.8) is 0 Å². The van der Waals surface area contributed by atoms with Gasteiger partial charge in [0, 0.05) is 25.2 Å². The Morgan fingerprint density at radius 3 is 2.84 bits per heavy atom. The maximum absolute atomic E-state index is 14.0. The molecule has 1 aliphatic rings. The van der Waals surface area contributed by atoms with E-state index >= 15 is 0 Å². The molecule has 4 aromatic rings. The van der Waals surface area contributed by atoms with Crippen LogP contribution in [0.15, 0.2) is 61.4 Å². The van der Waals surface area contributed by atoms with Crippen molar-refractivity contribution in [3.05, 3.63) is 84.2 Å². The molecule has 2 aromatic carbocycles. The van der Waals surface area contributed by atoms with Gasteiger partial charge in [-0.15, -0.1) is 0 Å². The normalized spacial score (nSPS) is 15.4. The summed E-state index contributed by atoms with van der Waals surface area (Å²) in [5, 5.41) is 8.07. The number of nitrogens with one attached hydrogen (secondary N) is 1. The number of carbonyl (C=O) groups excluding carboxylic acids is 2. The number of piperidine rings is 1. The lowest BCUT2D eigenvalue weighted by Crippen LogP contribution is -2.40. The number of aromatic nitrogens is 4. The number of halogens is 2. The van der Waals surface area contributed by atoms with Crippen LogP contribution in [0, 0.1) is 11.6 Å². The summed E-state index contributed by atoms with van der Waals surface area (Å²) < 4.78 is 29.3. The first-order chi connectivity index (χ1) is 18.4. The topological polar surface area (TPSA) is 119 Å². The van der Waals surface area contributed by atoms with Crippen molar-refractivity contribution < 1.29 is 18.4 Å². The first kappa shape index (κ1) is 25.0. The molecule has 1 saturated heterocycles. The number of nitrogen functional groups attached to an aromatic ring is 1. The van der Waals surface area contributed by atoms with Crippen LogP contribution in [-0.4, -0.2) is 49.6 Å². The minimum atomic E-state index is -0.804. The number of fused-ring (bicyclic) bond motifs is 1. The summed E-state index contributed by atoms with van der Waals surface area (Å²) in [6, 6.07) is 9.90. The average molecular weight is 518 g/mol. The summed E-state index contributed by atoms with van der Waals surface area (Å²) in [5.41, 5.74) is 8.44. The second-order valence-electron chi connectivity index (χ2n) is 9.04. The molecule has 9 nitrogen and oxygen atoms in total. The minimum Gasteiger partial charge on any atom is -0.383 e. The highest BCUT2D eigenvalue weighted by molar-refractivity contribution is 5.98. The van der Waals surface area contributed by atoms with Gasteiger partial charge in [-0.1, -0.05) is 24.8 Å². The van der Waals surface area contributed by atoms with Crippen molar-refractivity contribution in [2.45, 2.75) is 25.4 Å². The van der Waals surface area contributed by atoms with E-state index in [1.54, 1.807) is 21.7 Å². The Kier molecular flexibility index (Phi) is 6.82. The van der Waals surface area contributed by atoms with Gasteiger partial charge in [0.25, 0.3) is 5.91 Å². The first-order valence-electron chi connectivity index (χ1n) is 12.1. The lowest BCUT2D eigenvalue weighted by Gasteiger charge is -2.32. The summed E-state index contributed by atoms with van der Waals surface area (Å²) in [6.07, 6.45) is 4.31. The highest BCUT2D eigenvalue weighted by Crippen LogP contribution is 2.34. The number of rotatable bonds is 6. The molecule has 1 fully saturated rings. The average Bonchev–Trinajstić information content (AvgIpc) is 3.34. The molecule has 1 aliphatic heterocycles. The highest BCUT2D eigenvalue weighted by atomic mass is 19.1. The Morgan fingerprint density at radius 2 is 2.03 bits per heavy atom. The summed E-state index contributed by atoms with van der Waals surface area (Å²) in [4.78, 5) is 35.0. The molecule has 3 heterocycles. The van der Waals surface area contributed by atoms with Crippen molar-refractivity contribution in [1.82, 2.24) is 30.0 Å². The molecule has 2 amide bonds. The van der Waals surface area contributed by atoms with E-state index in [1.807, 2.05) is 12.1 Å². The Labute approximate surface area is 217 Å². The zero-order chi connectivity index (χ0) is 26.8. The van der Waals surface area contributed by atoms with Crippen LogP contribution in [0.1, 0.15) is 34.8 Å². The molecule has 194 valence electrons. The third-order valence-corrected chi connectivity index (χ3v) is 6.57. The molecule has 5 rings (SSSR count). The van der Waals surface area contributed by atoms with Crippen molar-refractivity contribution in [2.24, 2.45) is 0 Å². The van der Waals surface area contributed by atoms with E-state index in [0.29, 0.717) is 40.9 Å². The summed E-state index contributed by atoms with van der Waals surface area (Å²) >= 11 is 0. The lowest BCUT2D eigenvalue weighted by atomic mass is 10.1. The van der Waals surface area contributed by atoms with E-state index in [1.165, 1.54) is 12.4 Å². The Balaban J connectivity index is 1.45. The van der Waals surface area contributed by atoms with Gasteiger partial charge in [-0.2, -0.15) is 5.10 Å². The molecule has 0 bridgehead atoms. The number of benzene rings is 2. The number of amides is 2. The van der Waals surface area contributed by atoms with Gasteiger partial charge in [-0.25, -0.2) is 23.4 Å². The zero-order valence-corrected chi connectivity index (χ0v) is 20.4. The van der Waals surface area contributed by atoms with E-state index < -0.39 is 17.5 Å². The number of nitrogens with two attached hydrogens (primary N) is 1. The van der Waals surface area contributed by atoms with Crippen molar-refractivity contribution in [2.75, 3.05) is 18.8 Å². The van der Waals surface area contributed by atoms with Gasteiger partial charge in [0.05, 0.1) is 17.0 Å². The fourth-order valence-corrected chi connectivity index (χ4v) is 4.71. The number of likely N-dealkylation sites (tertiary alicyclic amines) is 1. The fourth-order valence-electron chi connectivity index (χ4n) is 4.71. The van der Waals surface area contributed by atoms with Crippen LogP contribution >= 0.6 is 0 Å². The summed E-state index contributed by atoms with van der Waals surface area (Å²) in [5.74, 6) is -2.09. The van der Waals surface area contributed by atoms with E-state index in [9.17, 15) is 18.4 Å². The predicted octanol–water partition coefficient (Wildman–Crippen LogP) is 3.63. The largest absolute Gasteiger partial charge is 0.383 e. The zero-order valence-electron chi connectivity index (χ0n) is 20.4. The van der Waals surface area contributed by atoms with Crippen LogP contribution in [0.5, 0.6) is 0 Å². The lowest BCUT2D eigenvalue weighted by molar-refractivity contribution is -0.127. The predicted molar refractivity (Wildman–Crippen MR) is 138 cm³/mol. The third kappa shape index (κ3) is 4.82. The number of carbonyl (C=O) groups is 2. The molecule has 2 aromatic heterocycles. The number of hydrogen-bond donors (Lipinski definition) is 2. The van der Waals surface area contributed by atoms with E-state index in [2.05, 4.69) is 21.9 Å². The van der Waals surface area contributed by atoms with Gasteiger partial charge in [0.15, 0.2) is 5.65 Å². The van der Waals surface area contributed by atoms with Crippen LogP contribution in [0.2, 0.25) is 0 Å². The summed E-state index contributed by atoms with van der Waals surface area (Å²) in [6.45, 7) is 4.78. The van der Waals surface area contributed by atoms with Crippen LogP contribution in [0.25, 0.3) is 22.3 Å². The highest BCUT2D eigenvalue weighted by Gasteiger charge is 2.28. The quantitative estimate of drug-likeness (QED) is 0.377. The molecule has 38 heavy (non-hydrogen) atoms. The molecule has 0 spiro atoms. The molecule has 11 heteroatoms. The Bertz CT molecular complexity index is 1550. The molecular formula is C27H25F2N7O2. The van der Waals surface area contributed by atoms with Gasteiger partial charge in [0.1, 0.15) is 29.5 Å². The van der Waals surface area contributed by atoms with Crippen molar-refractivity contribution in [1.29, 1.82) is 0 Å². The van der Waals surface area contributed by atoms with Gasteiger partial charge in [0.2, 0.25) is 5.91 Å². The van der Waals surface area contributed by atoms with Crippen LogP contribution < -0.4 is 11.1 Å². The van der Waals surface area contributed by atoms with Gasteiger partial charge in [-0.05, 0) is 48.7 Å². The van der Waals surface area contributed by atoms with Crippen molar-refractivity contribution >= 4 is 28.7 Å². The fraction of sp³-hybridized carbons (Fsp3) is 0.222. The molecule has 0 aliphatic carbocycles. The van der Waals surface area contributed by atoms with E-state index in [4.69, 9.17) is 10.8 Å². The van der Waals surface area contributed by atoms with Gasteiger partial charge in [-0.3, -0.25) is 9.59 Å². The van der Waals surface area contributed by atoms with Gasteiger partial charge < -0.3 is 16.0 Å². The second-order valence-corrected chi connectivity index (χ2v) is 9.04. The van der Waals surface area contributed by atoms with Gasteiger partial charge >= 0.3 is 0 Å². The monoisotopic (exact) mass is 517 g/mol. The van der Waals surface area contributed by atoms with E-state index in [-0.39, 0.29) is 29.9 Å².